The lowest BCUT2D eigenvalue weighted by molar-refractivity contribution is -0.137. The van der Waals surface area contributed by atoms with Gasteiger partial charge in [-0.1, -0.05) is 32.1 Å². The summed E-state index contributed by atoms with van der Waals surface area (Å²) in [5.41, 5.74) is 6.78. The van der Waals surface area contributed by atoms with E-state index in [1.54, 1.807) is 13.2 Å². The number of carbonyl (C=O) groups excluding carboxylic acids is 1. The third kappa shape index (κ3) is 13.0. The van der Waals surface area contributed by atoms with Gasteiger partial charge in [0.15, 0.2) is 11.5 Å². The second-order valence-electron chi connectivity index (χ2n) is 8.12. The highest BCUT2D eigenvalue weighted by Gasteiger charge is 2.09. The van der Waals surface area contributed by atoms with Crippen LogP contribution in [0.5, 0.6) is 11.5 Å². The topological polar surface area (TPSA) is 123 Å². The number of ether oxygens (including phenoxy) is 2. The third-order valence-corrected chi connectivity index (χ3v) is 4.73. The molecule has 0 saturated heterocycles. The Kier molecular flexibility index (Phi) is 13.8. The summed E-state index contributed by atoms with van der Waals surface area (Å²) in [4.78, 5) is 22.6. The second-order valence-corrected chi connectivity index (χ2v) is 8.12. The second kappa shape index (κ2) is 16.1. The Morgan fingerprint density at radius 1 is 1.19 bits per heavy atom. The summed E-state index contributed by atoms with van der Waals surface area (Å²) in [7, 11) is 1.56. The van der Waals surface area contributed by atoms with Crippen LogP contribution >= 0.6 is 0 Å². The molecule has 180 valence electrons. The number of allylic oxidation sites excluding steroid dienone is 2. The largest absolute Gasteiger partial charge is 0.493 e. The third-order valence-electron chi connectivity index (χ3n) is 4.73. The fraction of sp³-hybridized carbons (Fsp3) is 0.583. The number of hydrogen-bond acceptors (Lipinski definition) is 6. The maximum atomic E-state index is 12.1. The molecule has 0 spiro atoms. The molecule has 1 atom stereocenters. The average Bonchev–Trinajstić information content (AvgIpc) is 2.76. The molecule has 1 rings (SSSR count). The van der Waals surface area contributed by atoms with Gasteiger partial charge in [0.05, 0.1) is 7.11 Å². The minimum atomic E-state index is -0.854. The van der Waals surface area contributed by atoms with Gasteiger partial charge >= 0.3 is 5.97 Å². The molecule has 0 bridgehead atoms. The van der Waals surface area contributed by atoms with E-state index in [-0.39, 0.29) is 25.1 Å². The van der Waals surface area contributed by atoms with E-state index in [2.05, 4.69) is 36.6 Å². The Bertz CT molecular complexity index is 722. The van der Waals surface area contributed by atoms with Gasteiger partial charge in [0, 0.05) is 32.0 Å². The number of carboxylic acids is 1. The summed E-state index contributed by atoms with van der Waals surface area (Å²) in [6.45, 7) is 5.41. The number of methoxy groups -OCH3 is 1. The highest BCUT2D eigenvalue weighted by atomic mass is 16.5. The van der Waals surface area contributed by atoms with Gasteiger partial charge in [-0.25, -0.2) is 0 Å². The smallest absolute Gasteiger partial charge is 0.303 e. The summed E-state index contributed by atoms with van der Waals surface area (Å²) in [5, 5.41) is 14.7. The molecule has 0 unspecified atom stereocenters. The average molecular weight is 450 g/mol. The standard InChI is InChI=1S/C24H39N3O5/c1-18(2)8-6-4-5-7-9-23(28)27-15-19-10-12-21(22(14-19)31-3)32-17-26-16-20(25)11-13-24(29)30/h6,8,10,12,14,18,20,26H,4-5,7,9,11,13,15-17,25H2,1-3H3,(H,27,28)(H,29,30)/b8-6+/t20-/m0/s1. The number of nitrogens with two attached hydrogens (primary N) is 1. The first-order chi connectivity index (χ1) is 15.3. The molecule has 0 aromatic heterocycles. The van der Waals surface area contributed by atoms with E-state index in [4.69, 9.17) is 20.3 Å². The van der Waals surface area contributed by atoms with Gasteiger partial charge in [-0.05, 0) is 49.3 Å². The monoisotopic (exact) mass is 449 g/mol. The lowest BCUT2D eigenvalue weighted by atomic mass is 10.1. The van der Waals surface area contributed by atoms with E-state index in [1.807, 2.05) is 12.1 Å². The van der Waals surface area contributed by atoms with Crippen molar-refractivity contribution in [3.63, 3.8) is 0 Å². The number of benzene rings is 1. The van der Waals surface area contributed by atoms with Crippen molar-refractivity contribution < 1.29 is 24.2 Å². The van der Waals surface area contributed by atoms with Crippen LogP contribution < -0.4 is 25.8 Å². The zero-order chi connectivity index (χ0) is 23.8. The number of aliphatic carboxylic acids is 1. The van der Waals surface area contributed by atoms with Crippen LogP contribution in [0.2, 0.25) is 0 Å². The van der Waals surface area contributed by atoms with Crippen LogP contribution in [0.15, 0.2) is 30.4 Å². The molecule has 8 nitrogen and oxygen atoms in total. The van der Waals surface area contributed by atoms with Gasteiger partial charge in [-0.15, -0.1) is 0 Å². The SMILES string of the molecule is COc1cc(CNC(=O)CCCC/C=C/C(C)C)ccc1OCNC[C@@H](N)CCC(=O)O. The normalized spacial score (nSPS) is 12.2. The van der Waals surface area contributed by atoms with E-state index in [9.17, 15) is 9.59 Å². The molecular weight excluding hydrogens is 410 g/mol. The highest BCUT2D eigenvalue weighted by Crippen LogP contribution is 2.27. The number of rotatable bonds is 17. The summed E-state index contributed by atoms with van der Waals surface area (Å²) < 4.78 is 11.1. The summed E-state index contributed by atoms with van der Waals surface area (Å²) in [5.74, 6) is 0.902. The van der Waals surface area contributed by atoms with Crippen LogP contribution in [0.25, 0.3) is 0 Å². The number of nitrogens with one attached hydrogen (secondary N) is 2. The molecule has 0 fully saturated rings. The van der Waals surface area contributed by atoms with Crippen molar-refractivity contribution in [1.29, 1.82) is 0 Å². The van der Waals surface area contributed by atoms with Crippen molar-refractivity contribution in [2.24, 2.45) is 11.7 Å². The molecule has 1 aromatic rings. The van der Waals surface area contributed by atoms with Gasteiger partial charge in [-0.3, -0.25) is 14.9 Å². The Balaban J connectivity index is 2.33. The zero-order valence-electron chi connectivity index (χ0n) is 19.6. The van der Waals surface area contributed by atoms with E-state index >= 15 is 0 Å². The molecule has 8 heteroatoms. The lowest BCUT2D eigenvalue weighted by Gasteiger charge is -2.15. The number of carbonyl (C=O) groups is 2. The van der Waals surface area contributed by atoms with E-state index < -0.39 is 5.97 Å². The van der Waals surface area contributed by atoms with Gasteiger partial charge in [0.1, 0.15) is 6.73 Å². The minimum absolute atomic E-state index is 0.0422. The lowest BCUT2D eigenvalue weighted by Crippen LogP contribution is -2.36. The van der Waals surface area contributed by atoms with E-state index in [0.717, 1.165) is 24.8 Å². The minimum Gasteiger partial charge on any atom is -0.493 e. The Hall–Kier alpha value is -2.58. The number of hydrogen-bond donors (Lipinski definition) is 4. The predicted molar refractivity (Wildman–Crippen MR) is 126 cm³/mol. The Morgan fingerprint density at radius 3 is 2.66 bits per heavy atom. The van der Waals surface area contributed by atoms with Crippen LogP contribution in [0, 0.1) is 5.92 Å². The Morgan fingerprint density at radius 2 is 1.97 bits per heavy atom. The number of unbranched alkanes of at least 4 members (excludes halogenated alkanes) is 2. The fourth-order valence-electron chi connectivity index (χ4n) is 2.93. The first kappa shape index (κ1) is 27.5. The van der Waals surface area contributed by atoms with E-state index in [1.165, 1.54) is 0 Å². The molecule has 1 amide bonds. The molecule has 5 N–H and O–H groups in total. The zero-order valence-corrected chi connectivity index (χ0v) is 19.6. The first-order valence-electron chi connectivity index (χ1n) is 11.2. The van der Waals surface area contributed by atoms with Crippen molar-refractivity contribution in [3.8, 4) is 11.5 Å². The van der Waals surface area contributed by atoms with Crippen molar-refractivity contribution in [2.45, 2.75) is 65.0 Å². The Labute approximate surface area is 191 Å². The van der Waals surface area contributed by atoms with Crippen LogP contribution in [0.4, 0.5) is 0 Å². The van der Waals surface area contributed by atoms with Crippen molar-refractivity contribution in [2.75, 3.05) is 20.4 Å². The maximum Gasteiger partial charge on any atom is 0.303 e. The van der Waals surface area contributed by atoms with Gasteiger partial charge in [0.25, 0.3) is 0 Å². The van der Waals surface area contributed by atoms with Crippen molar-refractivity contribution in [1.82, 2.24) is 10.6 Å². The summed E-state index contributed by atoms with van der Waals surface area (Å²) in [6.07, 6.45) is 8.23. The van der Waals surface area contributed by atoms with Crippen LogP contribution in [0.3, 0.4) is 0 Å². The predicted octanol–water partition coefficient (Wildman–Crippen LogP) is 3.20. The molecule has 0 heterocycles. The molecule has 0 aliphatic rings. The van der Waals surface area contributed by atoms with Crippen LogP contribution in [-0.4, -0.2) is 43.4 Å². The number of amides is 1. The summed E-state index contributed by atoms with van der Waals surface area (Å²) in [6, 6.07) is 5.27. The van der Waals surface area contributed by atoms with Gasteiger partial charge in [0.2, 0.25) is 5.91 Å². The fourth-order valence-corrected chi connectivity index (χ4v) is 2.93. The van der Waals surface area contributed by atoms with Crippen molar-refractivity contribution in [3.05, 3.63) is 35.9 Å². The van der Waals surface area contributed by atoms with E-state index in [0.29, 0.717) is 43.3 Å². The quantitative estimate of drug-likeness (QED) is 0.164. The summed E-state index contributed by atoms with van der Waals surface area (Å²) >= 11 is 0. The molecule has 0 aliphatic carbocycles. The molecule has 1 aromatic carbocycles. The molecule has 32 heavy (non-hydrogen) atoms. The van der Waals surface area contributed by atoms with Gasteiger partial charge < -0.3 is 25.6 Å². The molecular formula is C24H39N3O5. The van der Waals surface area contributed by atoms with Crippen molar-refractivity contribution >= 4 is 11.9 Å². The van der Waals surface area contributed by atoms with Crippen LogP contribution in [-0.2, 0) is 16.1 Å². The molecule has 0 radical (unpaired) electrons. The van der Waals surface area contributed by atoms with Crippen LogP contribution in [0.1, 0.15) is 57.9 Å². The number of carboxylic acid groups (broad SMARTS) is 1. The molecule has 0 aliphatic heterocycles. The maximum absolute atomic E-state index is 12.1. The van der Waals surface area contributed by atoms with Gasteiger partial charge in [-0.2, -0.15) is 0 Å². The highest BCUT2D eigenvalue weighted by molar-refractivity contribution is 5.75. The first-order valence-corrected chi connectivity index (χ1v) is 11.2. The molecule has 0 saturated carbocycles.